The summed E-state index contributed by atoms with van der Waals surface area (Å²) in [5, 5.41) is 3.40. The third-order valence-electron chi connectivity index (χ3n) is 3.58. The van der Waals surface area contributed by atoms with E-state index in [0.717, 1.165) is 31.9 Å². The minimum atomic E-state index is -0.520. The molecular formula is C18H29F2N. The van der Waals surface area contributed by atoms with Crippen molar-refractivity contribution in [1.82, 2.24) is 5.32 Å². The summed E-state index contributed by atoms with van der Waals surface area (Å²) < 4.78 is 27.1. The van der Waals surface area contributed by atoms with Crippen molar-refractivity contribution in [3.63, 3.8) is 0 Å². The van der Waals surface area contributed by atoms with Gasteiger partial charge in [-0.25, -0.2) is 8.78 Å². The number of nitrogens with one attached hydrogen (secondary N) is 1. The van der Waals surface area contributed by atoms with Gasteiger partial charge in [-0.2, -0.15) is 0 Å². The minimum Gasteiger partial charge on any atom is -0.310 e. The second-order valence-electron chi connectivity index (χ2n) is 7.28. The van der Waals surface area contributed by atoms with Crippen LogP contribution >= 0.6 is 0 Å². The van der Waals surface area contributed by atoms with Gasteiger partial charge in [0.05, 0.1) is 0 Å². The number of hydrogen-bond donors (Lipinski definition) is 1. The zero-order chi connectivity index (χ0) is 16.0. The number of halogens is 2. The van der Waals surface area contributed by atoms with E-state index in [2.05, 4.69) is 39.9 Å². The van der Waals surface area contributed by atoms with Crippen LogP contribution in [0.5, 0.6) is 0 Å². The molecule has 0 aromatic heterocycles. The number of benzene rings is 1. The highest BCUT2D eigenvalue weighted by molar-refractivity contribution is 5.22. The van der Waals surface area contributed by atoms with Crippen LogP contribution in [-0.4, -0.2) is 6.54 Å². The van der Waals surface area contributed by atoms with Crippen molar-refractivity contribution in [3.05, 3.63) is 35.4 Å². The molecular weight excluding hydrogens is 268 g/mol. The van der Waals surface area contributed by atoms with Crippen molar-refractivity contribution < 1.29 is 8.78 Å². The van der Waals surface area contributed by atoms with Crippen LogP contribution in [0.15, 0.2) is 18.2 Å². The first-order chi connectivity index (χ1) is 9.73. The molecule has 1 nitrogen and oxygen atoms in total. The Kier molecular flexibility index (Phi) is 6.79. The average molecular weight is 297 g/mol. The van der Waals surface area contributed by atoms with Gasteiger partial charge in [0.15, 0.2) is 0 Å². The van der Waals surface area contributed by atoms with Crippen LogP contribution in [0.3, 0.4) is 0 Å². The Balaban J connectivity index is 2.84. The van der Waals surface area contributed by atoms with E-state index in [-0.39, 0.29) is 11.5 Å². The molecule has 0 saturated carbocycles. The molecule has 0 spiro atoms. The van der Waals surface area contributed by atoms with Gasteiger partial charge < -0.3 is 5.32 Å². The third-order valence-corrected chi connectivity index (χ3v) is 3.58. The lowest BCUT2D eigenvalue weighted by Crippen LogP contribution is -2.26. The zero-order valence-electron chi connectivity index (χ0n) is 14.0. The molecule has 0 bridgehead atoms. The molecule has 0 aliphatic rings. The fourth-order valence-electron chi connectivity index (χ4n) is 2.95. The zero-order valence-corrected chi connectivity index (χ0v) is 14.0. The highest BCUT2D eigenvalue weighted by Gasteiger charge is 2.22. The first-order valence-electron chi connectivity index (χ1n) is 7.91. The van der Waals surface area contributed by atoms with Crippen LogP contribution in [0.2, 0.25) is 0 Å². The third kappa shape index (κ3) is 6.56. The van der Waals surface area contributed by atoms with Crippen LogP contribution < -0.4 is 5.32 Å². The van der Waals surface area contributed by atoms with Crippen LogP contribution in [0.4, 0.5) is 8.78 Å². The van der Waals surface area contributed by atoms with Gasteiger partial charge in [-0.05, 0) is 43.2 Å². The maximum atomic E-state index is 14.0. The Morgan fingerprint density at radius 3 is 2.38 bits per heavy atom. The van der Waals surface area contributed by atoms with E-state index in [1.807, 2.05) is 0 Å². The molecule has 0 aliphatic carbocycles. The molecule has 0 heterocycles. The number of rotatable bonds is 7. The van der Waals surface area contributed by atoms with Gasteiger partial charge >= 0.3 is 0 Å². The SMILES string of the molecule is CCCNC(CC(C)CC(C)(C)C)c1ccc(F)cc1F. The molecule has 1 aromatic carbocycles. The van der Waals surface area contributed by atoms with Crippen molar-refractivity contribution in [2.45, 2.75) is 59.9 Å². The lowest BCUT2D eigenvalue weighted by molar-refractivity contribution is 0.274. The first-order valence-corrected chi connectivity index (χ1v) is 7.91. The Morgan fingerprint density at radius 1 is 1.19 bits per heavy atom. The Labute approximate surface area is 128 Å². The van der Waals surface area contributed by atoms with Crippen LogP contribution in [0, 0.1) is 23.0 Å². The van der Waals surface area contributed by atoms with Crippen LogP contribution in [0.1, 0.15) is 65.5 Å². The van der Waals surface area contributed by atoms with Crippen molar-refractivity contribution >= 4 is 0 Å². The summed E-state index contributed by atoms with van der Waals surface area (Å²) in [7, 11) is 0. The Hall–Kier alpha value is -0.960. The molecule has 0 aliphatic heterocycles. The molecule has 1 N–H and O–H groups in total. The molecule has 1 rings (SSSR count). The van der Waals surface area contributed by atoms with E-state index in [1.165, 1.54) is 6.07 Å². The summed E-state index contributed by atoms with van der Waals surface area (Å²) in [4.78, 5) is 0. The molecule has 120 valence electrons. The standard InChI is InChI=1S/C18H29F2N/c1-6-9-21-17(10-13(2)12-18(3,4)5)15-8-7-14(19)11-16(15)20/h7-8,11,13,17,21H,6,9-10,12H2,1-5H3. The predicted molar refractivity (Wildman–Crippen MR) is 85.2 cm³/mol. The van der Waals surface area contributed by atoms with Gasteiger partial charge in [-0.1, -0.05) is 40.7 Å². The highest BCUT2D eigenvalue weighted by Crippen LogP contribution is 2.31. The maximum absolute atomic E-state index is 14.0. The lowest BCUT2D eigenvalue weighted by Gasteiger charge is -2.28. The van der Waals surface area contributed by atoms with Crippen LogP contribution in [-0.2, 0) is 0 Å². The van der Waals surface area contributed by atoms with Gasteiger partial charge in [0.1, 0.15) is 11.6 Å². The molecule has 0 saturated heterocycles. The van der Waals surface area contributed by atoms with Gasteiger partial charge in [0.25, 0.3) is 0 Å². The topological polar surface area (TPSA) is 12.0 Å². The molecule has 0 amide bonds. The Bertz CT molecular complexity index is 437. The second kappa shape index (κ2) is 7.88. The van der Waals surface area contributed by atoms with Crippen LogP contribution in [0.25, 0.3) is 0 Å². The van der Waals surface area contributed by atoms with Crippen molar-refractivity contribution in [3.8, 4) is 0 Å². The summed E-state index contributed by atoms with van der Waals surface area (Å²) in [6, 6.07) is 3.84. The van der Waals surface area contributed by atoms with E-state index in [1.54, 1.807) is 6.07 Å². The second-order valence-corrected chi connectivity index (χ2v) is 7.28. The summed E-state index contributed by atoms with van der Waals surface area (Å²) >= 11 is 0. The van der Waals surface area contributed by atoms with E-state index in [9.17, 15) is 8.78 Å². The number of hydrogen-bond acceptors (Lipinski definition) is 1. The fourth-order valence-corrected chi connectivity index (χ4v) is 2.95. The first kappa shape index (κ1) is 18.1. The van der Waals surface area contributed by atoms with Gasteiger partial charge in [0.2, 0.25) is 0 Å². The smallest absolute Gasteiger partial charge is 0.130 e. The van der Waals surface area contributed by atoms with E-state index < -0.39 is 11.6 Å². The van der Waals surface area contributed by atoms with Gasteiger partial charge in [-0.15, -0.1) is 0 Å². The highest BCUT2D eigenvalue weighted by atomic mass is 19.1. The fraction of sp³-hybridized carbons (Fsp3) is 0.667. The van der Waals surface area contributed by atoms with Crippen molar-refractivity contribution in [2.24, 2.45) is 11.3 Å². The molecule has 2 atom stereocenters. The molecule has 0 fully saturated rings. The van der Waals surface area contributed by atoms with Gasteiger partial charge in [-0.3, -0.25) is 0 Å². The summed E-state index contributed by atoms with van der Waals surface area (Å²) in [5.74, 6) is -0.497. The monoisotopic (exact) mass is 297 g/mol. The summed E-state index contributed by atoms with van der Waals surface area (Å²) in [6.45, 7) is 11.8. The lowest BCUT2D eigenvalue weighted by atomic mass is 9.82. The quantitative estimate of drug-likeness (QED) is 0.704. The molecule has 2 unspecified atom stereocenters. The average Bonchev–Trinajstić information content (AvgIpc) is 2.32. The predicted octanol–water partition coefficient (Wildman–Crippen LogP) is 5.47. The molecule has 1 aromatic rings. The molecule has 3 heteroatoms. The van der Waals surface area contributed by atoms with Crippen molar-refractivity contribution in [1.29, 1.82) is 0 Å². The largest absolute Gasteiger partial charge is 0.310 e. The van der Waals surface area contributed by atoms with E-state index >= 15 is 0 Å². The molecule has 21 heavy (non-hydrogen) atoms. The van der Waals surface area contributed by atoms with Crippen molar-refractivity contribution in [2.75, 3.05) is 6.54 Å². The Morgan fingerprint density at radius 2 is 1.86 bits per heavy atom. The normalized spacial score (nSPS) is 15.0. The van der Waals surface area contributed by atoms with Gasteiger partial charge in [0, 0.05) is 17.7 Å². The minimum absolute atomic E-state index is 0.0529. The maximum Gasteiger partial charge on any atom is 0.130 e. The van der Waals surface area contributed by atoms with E-state index in [0.29, 0.717) is 11.5 Å². The molecule has 0 radical (unpaired) electrons. The summed E-state index contributed by atoms with van der Waals surface area (Å²) in [5.41, 5.74) is 0.835. The summed E-state index contributed by atoms with van der Waals surface area (Å²) in [6.07, 6.45) is 2.94. The van der Waals surface area contributed by atoms with E-state index in [4.69, 9.17) is 0 Å².